The molecule has 0 amide bonds. The van der Waals surface area contributed by atoms with E-state index >= 15 is 0 Å². The number of aromatic nitrogens is 2. The van der Waals surface area contributed by atoms with Crippen LogP contribution in [0.15, 0.2) is 48.8 Å². The lowest BCUT2D eigenvalue weighted by Crippen LogP contribution is -2.41. The van der Waals surface area contributed by atoms with Crippen LogP contribution >= 0.6 is 0 Å². The number of rotatable bonds is 3. The molecule has 1 aliphatic rings. The molecule has 3 aromatic rings. The van der Waals surface area contributed by atoms with Gasteiger partial charge in [0.1, 0.15) is 11.3 Å². The van der Waals surface area contributed by atoms with Gasteiger partial charge < -0.3 is 13.7 Å². The number of pyridine rings is 1. The van der Waals surface area contributed by atoms with E-state index in [2.05, 4.69) is 4.98 Å². The molecule has 6 heteroatoms. The molecule has 0 radical (unpaired) electrons. The van der Waals surface area contributed by atoms with Gasteiger partial charge in [0, 0.05) is 18.0 Å². The van der Waals surface area contributed by atoms with Crippen molar-refractivity contribution in [1.82, 2.24) is 9.38 Å². The number of aldehydes is 1. The van der Waals surface area contributed by atoms with E-state index < -0.39 is 18.3 Å². The second-order valence-corrected chi connectivity index (χ2v) is 7.66. The van der Waals surface area contributed by atoms with Gasteiger partial charge in [0.15, 0.2) is 6.29 Å². The zero-order chi connectivity index (χ0) is 18.5. The number of nitrogens with zero attached hydrogens (tertiary/aromatic N) is 2. The molecule has 0 N–H and O–H groups in total. The van der Waals surface area contributed by atoms with Crippen LogP contribution in [-0.2, 0) is 9.31 Å². The Morgan fingerprint density at radius 2 is 1.69 bits per heavy atom. The molecule has 3 heterocycles. The third-order valence-corrected chi connectivity index (χ3v) is 5.32. The summed E-state index contributed by atoms with van der Waals surface area (Å²) in [6, 6.07) is 12.0. The topological polar surface area (TPSA) is 52.8 Å². The maximum atomic E-state index is 11.2. The van der Waals surface area contributed by atoms with Crippen molar-refractivity contribution < 1.29 is 14.1 Å². The van der Waals surface area contributed by atoms with Gasteiger partial charge in [-0.1, -0.05) is 30.3 Å². The van der Waals surface area contributed by atoms with E-state index in [9.17, 15) is 4.79 Å². The Kier molecular flexibility index (Phi) is 3.79. The Morgan fingerprint density at radius 3 is 2.31 bits per heavy atom. The molecular formula is C20H21BN2O3. The predicted molar refractivity (Wildman–Crippen MR) is 102 cm³/mol. The van der Waals surface area contributed by atoms with E-state index in [1.54, 1.807) is 6.20 Å². The molecule has 0 saturated carbocycles. The first kappa shape index (κ1) is 17.0. The van der Waals surface area contributed by atoms with Crippen LogP contribution < -0.4 is 5.46 Å². The Labute approximate surface area is 153 Å². The standard InChI is InChI=1S/C20H21BN2O3/c1-19(2)20(3,4)26-21(25-19)15-10-17(14-8-6-5-7-9-14)18-22-16(13-24)12-23(18)11-15/h5-13H,1-4H3. The van der Waals surface area contributed by atoms with Crippen LogP contribution in [-0.4, -0.2) is 34.0 Å². The van der Waals surface area contributed by atoms with Gasteiger partial charge in [-0.2, -0.15) is 0 Å². The van der Waals surface area contributed by atoms with Crippen LogP contribution in [0.4, 0.5) is 0 Å². The highest BCUT2D eigenvalue weighted by molar-refractivity contribution is 6.62. The van der Waals surface area contributed by atoms with Gasteiger partial charge in [-0.15, -0.1) is 0 Å². The van der Waals surface area contributed by atoms with E-state index in [0.717, 1.165) is 28.5 Å². The lowest BCUT2D eigenvalue weighted by atomic mass is 9.79. The second-order valence-electron chi connectivity index (χ2n) is 7.66. The highest BCUT2D eigenvalue weighted by Crippen LogP contribution is 2.37. The summed E-state index contributed by atoms with van der Waals surface area (Å²) >= 11 is 0. The zero-order valence-electron chi connectivity index (χ0n) is 15.4. The van der Waals surface area contributed by atoms with E-state index in [-0.39, 0.29) is 0 Å². The first-order valence-electron chi connectivity index (χ1n) is 8.70. The molecule has 1 aliphatic heterocycles. The van der Waals surface area contributed by atoms with Crippen LogP contribution in [0.25, 0.3) is 16.8 Å². The first-order chi connectivity index (χ1) is 12.3. The monoisotopic (exact) mass is 348 g/mol. The third kappa shape index (κ3) is 2.66. The highest BCUT2D eigenvalue weighted by Gasteiger charge is 2.51. The molecule has 1 saturated heterocycles. The SMILES string of the molecule is CC1(C)OB(c2cc(-c3ccccc3)c3nc(C=O)cn3c2)OC1(C)C. The molecular weight excluding hydrogens is 327 g/mol. The summed E-state index contributed by atoms with van der Waals surface area (Å²) in [5.41, 5.74) is 3.16. The van der Waals surface area contributed by atoms with Crippen molar-refractivity contribution in [2.75, 3.05) is 0 Å². The molecule has 1 aromatic carbocycles. The summed E-state index contributed by atoms with van der Waals surface area (Å²) < 4.78 is 14.3. The van der Waals surface area contributed by atoms with Crippen molar-refractivity contribution in [3.05, 3.63) is 54.5 Å². The molecule has 2 aromatic heterocycles. The number of fused-ring (bicyclic) bond motifs is 1. The van der Waals surface area contributed by atoms with Gasteiger partial charge in [0.05, 0.1) is 11.2 Å². The maximum Gasteiger partial charge on any atom is 0.496 e. The zero-order valence-corrected chi connectivity index (χ0v) is 15.4. The minimum atomic E-state index is -0.478. The molecule has 0 bridgehead atoms. The average molecular weight is 348 g/mol. The van der Waals surface area contributed by atoms with Gasteiger partial charge in [-0.25, -0.2) is 4.98 Å². The highest BCUT2D eigenvalue weighted by atomic mass is 16.7. The minimum Gasteiger partial charge on any atom is -0.399 e. The number of hydrogen-bond donors (Lipinski definition) is 0. The van der Waals surface area contributed by atoms with Crippen LogP contribution in [0.2, 0.25) is 0 Å². The number of carbonyl (C=O) groups excluding carboxylic acids is 1. The molecule has 4 rings (SSSR count). The second kappa shape index (κ2) is 5.79. The summed E-state index contributed by atoms with van der Waals surface area (Å²) in [5, 5.41) is 0. The summed E-state index contributed by atoms with van der Waals surface area (Å²) in [6.07, 6.45) is 4.41. The maximum absolute atomic E-state index is 11.2. The molecule has 0 atom stereocenters. The van der Waals surface area contributed by atoms with Crippen molar-refractivity contribution in [1.29, 1.82) is 0 Å². The molecule has 0 aliphatic carbocycles. The van der Waals surface area contributed by atoms with Crippen LogP contribution in [0, 0.1) is 0 Å². The Morgan fingerprint density at radius 1 is 1.04 bits per heavy atom. The predicted octanol–water partition coefficient (Wildman–Crippen LogP) is 3.11. The van der Waals surface area contributed by atoms with Crippen molar-refractivity contribution in [3.63, 3.8) is 0 Å². The fraction of sp³-hybridized carbons (Fsp3) is 0.300. The van der Waals surface area contributed by atoms with Gasteiger partial charge in [-0.3, -0.25) is 4.79 Å². The summed E-state index contributed by atoms with van der Waals surface area (Å²) in [6.45, 7) is 8.13. The fourth-order valence-electron chi connectivity index (χ4n) is 3.13. The molecule has 0 unspecified atom stereocenters. The van der Waals surface area contributed by atoms with Crippen LogP contribution in [0.5, 0.6) is 0 Å². The minimum absolute atomic E-state index is 0.397. The number of imidazole rings is 1. The van der Waals surface area contributed by atoms with E-state index in [0.29, 0.717) is 5.69 Å². The van der Waals surface area contributed by atoms with Gasteiger partial charge in [0.25, 0.3) is 0 Å². The van der Waals surface area contributed by atoms with E-state index in [1.165, 1.54) is 0 Å². The van der Waals surface area contributed by atoms with Crippen molar-refractivity contribution in [3.8, 4) is 11.1 Å². The number of benzene rings is 1. The smallest absolute Gasteiger partial charge is 0.399 e. The Hall–Kier alpha value is -2.44. The van der Waals surface area contributed by atoms with Gasteiger partial charge >= 0.3 is 7.12 Å². The van der Waals surface area contributed by atoms with Crippen molar-refractivity contribution in [2.45, 2.75) is 38.9 Å². The normalized spacial score (nSPS) is 18.4. The summed E-state index contributed by atoms with van der Waals surface area (Å²) in [5.74, 6) is 0. The van der Waals surface area contributed by atoms with Crippen molar-refractivity contribution in [2.24, 2.45) is 0 Å². The molecule has 0 spiro atoms. The summed E-state index contributed by atoms with van der Waals surface area (Å²) in [7, 11) is -0.478. The van der Waals surface area contributed by atoms with Gasteiger partial charge in [-0.05, 0) is 44.8 Å². The van der Waals surface area contributed by atoms with Crippen LogP contribution in [0.3, 0.4) is 0 Å². The van der Waals surface area contributed by atoms with Crippen LogP contribution in [0.1, 0.15) is 38.2 Å². The van der Waals surface area contributed by atoms with E-state index in [4.69, 9.17) is 9.31 Å². The Balaban J connectivity index is 1.88. The lowest BCUT2D eigenvalue weighted by molar-refractivity contribution is 0.00578. The molecule has 132 valence electrons. The largest absolute Gasteiger partial charge is 0.496 e. The lowest BCUT2D eigenvalue weighted by Gasteiger charge is -2.32. The molecule has 26 heavy (non-hydrogen) atoms. The number of carbonyl (C=O) groups is 1. The Bertz CT molecular complexity index is 963. The van der Waals surface area contributed by atoms with Crippen molar-refractivity contribution >= 4 is 24.5 Å². The van der Waals surface area contributed by atoms with Gasteiger partial charge in [0.2, 0.25) is 0 Å². The number of hydrogen-bond acceptors (Lipinski definition) is 4. The molecule has 5 nitrogen and oxygen atoms in total. The first-order valence-corrected chi connectivity index (χ1v) is 8.70. The molecule has 1 fully saturated rings. The fourth-order valence-corrected chi connectivity index (χ4v) is 3.13. The summed E-state index contributed by atoms with van der Waals surface area (Å²) in [4.78, 5) is 15.7. The third-order valence-electron chi connectivity index (χ3n) is 5.32. The quantitative estimate of drug-likeness (QED) is 0.539. The average Bonchev–Trinajstić information content (AvgIpc) is 3.12. The van der Waals surface area contributed by atoms with E-state index in [1.807, 2.05) is 74.7 Å².